The first kappa shape index (κ1) is 25.6. The second-order valence-corrected chi connectivity index (χ2v) is 10.5. The standard InChI is InChI=1S/C22H34N4O6S/c1-17(21(27)24-29)26(12-11-25-13-15-32-16-14-25)33(30,31)20-9-7-19(8-10-20)23-22(28)18-5-3-2-4-6-18/h7-10,17-18,29H,2-6,11-16H2,1H3,(H,23,28)(H,24,27). The van der Waals surface area contributed by atoms with E-state index >= 15 is 0 Å². The molecule has 1 unspecified atom stereocenters. The van der Waals surface area contributed by atoms with Crippen LogP contribution in [-0.2, 0) is 24.3 Å². The Morgan fingerprint density at radius 2 is 1.79 bits per heavy atom. The topological polar surface area (TPSA) is 128 Å². The monoisotopic (exact) mass is 482 g/mol. The number of amides is 2. The molecule has 1 aromatic rings. The predicted molar refractivity (Wildman–Crippen MR) is 122 cm³/mol. The van der Waals surface area contributed by atoms with Gasteiger partial charge in [-0.2, -0.15) is 4.31 Å². The van der Waals surface area contributed by atoms with Crippen molar-refractivity contribution < 1.29 is 28.0 Å². The van der Waals surface area contributed by atoms with E-state index in [-0.39, 0.29) is 23.3 Å². The summed E-state index contributed by atoms with van der Waals surface area (Å²) in [4.78, 5) is 26.6. The zero-order chi connectivity index (χ0) is 23.8. The Bertz CT molecular complexity index is 896. The summed E-state index contributed by atoms with van der Waals surface area (Å²) < 4.78 is 33.2. The molecular formula is C22H34N4O6S. The van der Waals surface area contributed by atoms with Crippen LogP contribution in [0.4, 0.5) is 5.69 Å². The van der Waals surface area contributed by atoms with E-state index < -0.39 is 22.0 Å². The lowest BCUT2D eigenvalue weighted by molar-refractivity contribution is -0.132. The third-order valence-corrected chi connectivity index (χ3v) is 8.35. The van der Waals surface area contributed by atoms with E-state index in [1.165, 1.54) is 19.1 Å². The van der Waals surface area contributed by atoms with Crippen LogP contribution in [0.2, 0.25) is 0 Å². The third kappa shape index (κ3) is 6.73. The molecule has 1 saturated heterocycles. The Morgan fingerprint density at radius 3 is 2.39 bits per heavy atom. The first-order valence-corrected chi connectivity index (χ1v) is 12.9. The molecule has 1 atom stereocenters. The van der Waals surface area contributed by atoms with E-state index in [4.69, 9.17) is 9.94 Å². The smallest absolute Gasteiger partial charge is 0.261 e. The van der Waals surface area contributed by atoms with Crippen LogP contribution in [0.3, 0.4) is 0 Å². The van der Waals surface area contributed by atoms with E-state index in [0.717, 1.165) is 36.4 Å². The van der Waals surface area contributed by atoms with Crippen molar-refractivity contribution in [3.8, 4) is 0 Å². The lowest BCUT2D eigenvalue weighted by atomic mass is 9.88. The van der Waals surface area contributed by atoms with Gasteiger partial charge in [0, 0.05) is 37.8 Å². The van der Waals surface area contributed by atoms with E-state index in [2.05, 4.69) is 10.2 Å². The van der Waals surface area contributed by atoms with Gasteiger partial charge in [0.1, 0.15) is 6.04 Å². The normalized spacial score (nSPS) is 19.2. The van der Waals surface area contributed by atoms with Crippen molar-refractivity contribution in [1.29, 1.82) is 0 Å². The summed E-state index contributed by atoms with van der Waals surface area (Å²) in [6.45, 7) is 4.47. The predicted octanol–water partition coefficient (Wildman–Crippen LogP) is 1.42. The Morgan fingerprint density at radius 1 is 1.15 bits per heavy atom. The highest BCUT2D eigenvalue weighted by molar-refractivity contribution is 7.89. The fourth-order valence-corrected chi connectivity index (χ4v) is 5.85. The van der Waals surface area contributed by atoms with Crippen LogP contribution in [0.1, 0.15) is 39.0 Å². The molecule has 11 heteroatoms. The maximum atomic E-state index is 13.4. The zero-order valence-corrected chi connectivity index (χ0v) is 19.8. The zero-order valence-electron chi connectivity index (χ0n) is 19.0. The molecule has 1 saturated carbocycles. The second kappa shape index (κ2) is 11.9. The van der Waals surface area contributed by atoms with Crippen molar-refractivity contribution in [2.45, 2.75) is 50.0 Å². The first-order valence-electron chi connectivity index (χ1n) is 11.5. The van der Waals surface area contributed by atoms with Crippen molar-refractivity contribution in [3.05, 3.63) is 24.3 Å². The molecule has 3 N–H and O–H groups in total. The number of benzene rings is 1. The van der Waals surface area contributed by atoms with E-state index in [1.54, 1.807) is 17.6 Å². The van der Waals surface area contributed by atoms with Gasteiger partial charge in [-0.3, -0.25) is 19.7 Å². The van der Waals surface area contributed by atoms with Gasteiger partial charge in [0.25, 0.3) is 5.91 Å². The average molecular weight is 483 g/mol. The molecule has 0 bridgehead atoms. The number of anilines is 1. The van der Waals surface area contributed by atoms with Gasteiger partial charge in [-0.25, -0.2) is 13.9 Å². The van der Waals surface area contributed by atoms with Gasteiger partial charge in [-0.1, -0.05) is 19.3 Å². The number of nitrogens with zero attached hydrogens (tertiary/aromatic N) is 2. The Balaban J connectivity index is 1.72. The maximum Gasteiger partial charge on any atom is 0.261 e. The number of hydrogen-bond donors (Lipinski definition) is 3. The minimum atomic E-state index is -4.03. The number of morpholine rings is 1. The molecule has 1 aromatic carbocycles. The van der Waals surface area contributed by atoms with E-state index in [1.807, 2.05) is 0 Å². The maximum absolute atomic E-state index is 13.4. The summed E-state index contributed by atoms with van der Waals surface area (Å²) in [5, 5.41) is 11.9. The minimum Gasteiger partial charge on any atom is -0.379 e. The first-order chi connectivity index (χ1) is 15.8. The van der Waals surface area contributed by atoms with Gasteiger partial charge < -0.3 is 10.1 Å². The van der Waals surface area contributed by atoms with Crippen molar-refractivity contribution in [2.24, 2.45) is 5.92 Å². The largest absolute Gasteiger partial charge is 0.379 e. The van der Waals surface area contributed by atoms with Gasteiger partial charge in [-0.15, -0.1) is 0 Å². The number of nitrogens with one attached hydrogen (secondary N) is 2. The fraction of sp³-hybridized carbons (Fsp3) is 0.636. The Kier molecular flexibility index (Phi) is 9.21. The van der Waals surface area contributed by atoms with Crippen LogP contribution in [0.15, 0.2) is 29.2 Å². The molecule has 33 heavy (non-hydrogen) atoms. The third-order valence-electron chi connectivity index (χ3n) is 6.37. The lowest BCUT2D eigenvalue weighted by Gasteiger charge is -2.31. The number of hydrogen-bond acceptors (Lipinski definition) is 7. The lowest BCUT2D eigenvalue weighted by Crippen LogP contribution is -2.50. The van der Waals surface area contributed by atoms with Crippen LogP contribution in [-0.4, -0.2) is 80.1 Å². The Labute approximate surface area is 195 Å². The van der Waals surface area contributed by atoms with E-state index in [0.29, 0.717) is 38.5 Å². The molecule has 3 rings (SSSR count). The number of sulfonamides is 1. The summed E-state index contributed by atoms with van der Waals surface area (Å²) in [6, 6.07) is 4.87. The molecule has 0 aromatic heterocycles. The van der Waals surface area contributed by atoms with Crippen LogP contribution in [0.5, 0.6) is 0 Å². The summed E-state index contributed by atoms with van der Waals surface area (Å²) >= 11 is 0. The van der Waals surface area contributed by atoms with Crippen LogP contribution in [0, 0.1) is 5.92 Å². The average Bonchev–Trinajstić information content (AvgIpc) is 2.85. The van der Waals surface area contributed by atoms with Crippen LogP contribution >= 0.6 is 0 Å². The Hall–Kier alpha value is -2.05. The molecule has 0 radical (unpaired) electrons. The van der Waals surface area contributed by atoms with Gasteiger partial charge in [0.05, 0.1) is 18.1 Å². The van der Waals surface area contributed by atoms with Gasteiger partial charge >= 0.3 is 0 Å². The molecule has 2 aliphatic rings. The number of carbonyl (C=O) groups excluding carboxylic acids is 2. The molecule has 2 amide bonds. The van der Waals surface area contributed by atoms with Gasteiger partial charge in [0.15, 0.2) is 0 Å². The van der Waals surface area contributed by atoms with E-state index in [9.17, 15) is 18.0 Å². The summed E-state index contributed by atoms with van der Waals surface area (Å²) in [6.07, 6.45) is 5.01. The number of hydroxylamine groups is 1. The molecule has 0 spiro atoms. The van der Waals surface area contributed by atoms with Crippen molar-refractivity contribution in [2.75, 3.05) is 44.7 Å². The molecule has 1 heterocycles. The number of ether oxygens (including phenoxy) is 1. The minimum absolute atomic E-state index is 0.00400. The summed E-state index contributed by atoms with van der Waals surface area (Å²) in [7, 11) is -4.03. The molecule has 1 aliphatic heterocycles. The highest BCUT2D eigenvalue weighted by atomic mass is 32.2. The highest BCUT2D eigenvalue weighted by Crippen LogP contribution is 2.26. The van der Waals surface area contributed by atoms with Gasteiger partial charge in [0.2, 0.25) is 15.9 Å². The van der Waals surface area contributed by atoms with Crippen LogP contribution < -0.4 is 10.8 Å². The highest BCUT2D eigenvalue weighted by Gasteiger charge is 2.33. The van der Waals surface area contributed by atoms with Crippen LogP contribution in [0.25, 0.3) is 0 Å². The number of rotatable bonds is 9. The molecule has 184 valence electrons. The molecular weight excluding hydrogens is 448 g/mol. The molecule has 2 fully saturated rings. The molecule has 10 nitrogen and oxygen atoms in total. The van der Waals surface area contributed by atoms with Crippen molar-refractivity contribution in [1.82, 2.24) is 14.7 Å². The quantitative estimate of drug-likeness (QED) is 0.359. The molecule has 1 aliphatic carbocycles. The van der Waals surface area contributed by atoms with Crippen molar-refractivity contribution >= 4 is 27.5 Å². The van der Waals surface area contributed by atoms with Gasteiger partial charge in [-0.05, 0) is 44.0 Å². The second-order valence-electron chi connectivity index (χ2n) is 8.57. The number of carbonyl (C=O) groups is 2. The van der Waals surface area contributed by atoms with Crippen molar-refractivity contribution in [3.63, 3.8) is 0 Å². The summed E-state index contributed by atoms with van der Waals surface area (Å²) in [5.41, 5.74) is 2.08. The SMILES string of the molecule is CC(C(=O)NO)N(CCN1CCOCC1)S(=O)(=O)c1ccc(NC(=O)C2CCCCC2)cc1. The fourth-order valence-electron chi connectivity index (χ4n) is 4.27. The summed E-state index contributed by atoms with van der Waals surface area (Å²) in [5.74, 6) is -0.849.